The second kappa shape index (κ2) is 10.8. The van der Waals surface area contributed by atoms with Crippen molar-refractivity contribution in [2.45, 2.75) is 26.6 Å². The van der Waals surface area contributed by atoms with Crippen LogP contribution in [-0.4, -0.2) is 26.2 Å². The highest BCUT2D eigenvalue weighted by Gasteiger charge is 2.11. The largest absolute Gasteiger partial charge is 0.497 e. The summed E-state index contributed by atoms with van der Waals surface area (Å²) in [6.07, 6.45) is 0. The topological polar surface area (TPSA) is 78.7 Å². The van der Waals surface area contributed by atoms with Gasteiger partial charge in [0.25, 0.3) is 0 Å². The fraction of sp³-hybridized carbons (Fsp3) is 0.300. The molecule has 0 amide bonds. The molecule has 2 aromatic rings. The number of hydrogen-bond donors (Lipinski definition) is 2. The van der Waals surface area contributed by atoms with Crippen LogP contribution in [0.4, 0.5) is 13.2 Å². The molecule has 6 nitrogen and oxygen atoms in total. The van der Waals surface area contributed by atoms with Gasteiger partial charge in [-0.1, -0.05) is 6.07 Å². The Kier molecular flexibility index (Phi) is 8.15. The van der Waals surface area contributed by atoms with Crippen molar-refractivity contribution in [3.8, 4) is 17.6 Å². The van der Waals surface area contributed by atoms with E-state index >= 15 is 0 Å². The summed E-state index contributed by atoms with van der Waals surface area (Å²) < 4.78 is 48.9. The maximum Gasteiger partial charge on any atom is 0.387 e. The van der Waals surface area contributed by atoms with Crippen molar-refractivity contribution in [1.29, 1.82) is 5.26 Å². The number of aliphatic imine (C=N–C) groups is 1. The van der Waals surface area contributed by atoms with E-state index < -0.39 is 12.4 Å². The van der Waals surface area contributed by atoms with Crippen LogP contribution in [0.15, 0.2) is 41.4 Å². The van der Waals surface area contributed by atoms with Gasteiger partial charge in [0.1, 0.15) is 17.3 Å². The fourth-order valence-electron chi connectivity index (χ4n) is 2.46. The third-order valence-corrected chi connectivity index (χ3v) is 3.86. The maximum atomic E-state index is 14.0. The van der Waals surface area contributed by atoms with Crippen LogP contribution in [0.2, 0.25) is 0 Å². The number of nitrogens with one attached hydrogen (secondary N) is 2. The van der Waals surface area contributed by atoms with Gasteiger partial charge in [-0.05, 0) is 37.3 Å². The first-order valence-corrected chi connectivity index (χ1v) is 8.79. The highest BCUT2D eigenvalue weighted by molar-refractivity contribution is 5.79. The average molecular weight is 406 g/mol. The molecule has 0 unspecified atom stereocenters. The van der Waals surface area contributed by atoms with Crippen LogP contribution in [0.5, 0.6) is 11.5 Å². The van der Waals surface area contributed by atoms with Crippen LogP contribution in [-0.2, 0) is 13.1 Å². The van der Waals surface area contributed by atoms with Crippen molar-refractivity contribution in [2.24, 2.45) is 4.99 Å². The molecule has 9 heteroatoms. The SMILES string of the molecule is CCNC(=NCc1cc(OC)ccc1OC(F)F)NCc1ccc(C#N)cc1F. The Balaban J connectivity index is 2.15. The van der Waals surface area contributed by atoms with Crippen molar-refractivity contribution in [2.75, 3.05) is 13.7 Å². The molecule has 0 radical (unpaired) electrons. The molecule has 0 fully saturated rings. The lowest BCUT2D eigenvalue weighted by Crippen LogP contribution is -2.37. The Hall–Kier alpha value is -3.41. The van der Waals surface area contributed by atoms with Gasteiger partial charge in [0.05, 0.1) is 25.3 Å². The van der Waals surface area contributed by atoms with Gasteiger partial charge < -0.3 is 20.1 Å². The smallest absolute Gasteiger partial charge is 0.387 e. The van der Waals surface area contributed by atoms with Crippen LogP contribution >= 0.6 is 0 Å². The van der Waals surface area contributed by atoms with Gasteiger partial charge >= 0.3 is 6.61 Å². The molecule has 0 aliphatic rings. The molecule has 2 N–H and O–H groups in total. The van der Waals surface area contributed by atoms with Gasteiger partial charge in [0.2, 0.25) is 0 Å². The normalized spacial score (nSPS) is 11.1. The zero-order valence-electron chi connectivity index (χ0n) is 16.0. The van der Waals surface area contributed by atoms with Crippen molar-refractivity contribution in [3.63, 3.8) is 0 Å². The molecule has 0 aliphatic heterocycles. The Morgan fingerprint density at radius 1 is 1.17 bits per heavy atom. The van der Waals surface area contributed by atoms with Crippen LogP contribution in [0.25, 0.3) is 0 Å². The lowest BCUT2D eigenvalue weighted by molar-refractivity contribution is -0.0504. The number of alkyl halides is 2. The minimum Gasteiger partial charge on any atom is -0.497 e. The summed E-state index contributed by atoms with van der Waals surface area (Å²) >= 11 is 0. The van der Waals surface area contributed by atoms with E-state index in [0.717, 1.165) is 6.07 Å². The predicted octanol–water partition coefficient (Wildman–Crippen LogP) is 3.56. The molecule has 0 saturated carbocycles. The number of guanidine groups is 1. The summed E-state index contributed by atoms with van der Waals surface area (Å²) in [7, 11) is 1.47. The monoisotopic (exact) mass is 406 g/mol. The van der Waals surface area contributed by atoms with E-state index in [9.17, 15) is 13.2 Å². The lowest BCUT2D eigenvalue weighted by atomic mass is 10.1. The summed E-state index contributed by atoms with van der Waals surface area (Å²) in [5.74, 6) is 0.336. The third kappa shape index (κ3) is 6.60. The van der Waals surface area contributed by atoms with E-state index in [1.165, 1.54) is 31.4 Å². The van der Waals surface area contributed by atoms with E-state index in [1.807, 2.05) is 13.0 Å². The first kappa shape index (κ1) is 21.9. The van der Waals surface area contributed by atoms with Crippen molar-refractivity contribution >= 4 is 5.96 Å². The molecule has 0 spiro atoms. The number of rotatable bonds is 8. The fourth-order valence-corrected chi connectivity index (χ4v) is 2.46. The molecular formula is C20H21F3N4O2. The Morgan fingerprint density at radius 2 is 1.97 bits per heavy atom. The minimum absolute atomic E-state index is 0.00136. The second-order valence-electron chi connectivity index (χ2n) is 5.82. The highest BCUT2D eigenvalue weighted by Crippen LogP contribution is 2.26. The quantitative estimate of drug-likeness (QED) is 0.518. The van der Waals surface area contributed by atoms with E-state index in [4.69, 9.17) is 10.00 Å². The molecule has 2 aromatic carbocycles. The van der Waals surface area contributed by atoms with Crippen molar-refractivity contribution in [1.82, 2.24) is 10.6 Å². The van der Waals surface area contributed by atoms with Crippen LogP contribution < -0.4 is 20.1 Å². The molecule has 0 heterocycles. The Morgan fingerprint density at radius 3 is 2.59 bits per heavy atom. The number of nitriles is 1. The molecule has 0 bridgehead atoms. The zero-order valence-corrected chi connectivity index (χ0v) is 16.0. The minimum atomic E-state index is -2.96. The number of ether oxygens (including phenoxy) is 2. The summed E-state index contributed by atoms with van der Waals surface area (Å²) in [4.78, 5) is 4.34. The zero-order chi connectivity index (χ0) is 21.2. The standard InChI is InChI=1S/C20H21F3N4O2/c1-3-25-20(26-11-14-5-4-13(10-24)8-17(14)21)27-12-15-9-16(28-2)6-7-18(15)29-19(22)23/h4-9,19H,3,11-12H2,1-2H3,(H2,25,26,27). The van der Waals surface area contributed by atoms with Crippen LogP contribution in [0.1, 0.15) is 23.6 Å². The summed E-state index contributed by atoms with van der Waals surface area (Å²) in [6.45, 7) is -0.403. The Bertz CT molecular complexity index is 898. The predicted molar refractivity (Wildman–Crippen MR) is 102 cm³/mol. The van der Waals surface area contributed by atoms with E-state index in [2.05, 4.69) is 20.4 Å². The van der Waals surface area contributed by atoms with E-state index in [1.54, 1.807) is 6.07 Å². The third-order valence-electron chi connectivity index (χ3n) is 3.86. The van der Waals surface area contributed by atoms with Crippen molar-refractivity contribution in [3.05, 3.63) is 58.9 Å². The highest BCUT2D eigenvalue weighted by atomic mass is 19.3. The van der Waals surface area contributed by atoms with Gasteiger partial charge in [0, 0.05) is 24.2 Å². The van der Waals surface area contributed by atoms with E-state index in [0.29, 0.717) is 29.4 Å². The first-order valence-electron chi connectivity index (χ1n) is 8.79. The molecule has 154 valence electrons. The molecule has 0 saturated heterocycles. The molecule has 0 aromatic heterocycles. The first-order chi connectivity index (χ1) is 14.0. The molecule has 0 atom stereocenters. The number of hydrogen-bond acceptors (Lipinski definition) is 4. The summed E-state index contributed by atoms with van der Waals surface area (Å²) in [6, 6.07) is 10.5. The van der Waals surface area contributed by atoms with Gasteiger partial charge in [-0.2, -0.15) is 14.0 Å². The lowest BCUT2D eigenvalue weighted by Gasteiger charge is -2.14. The van der Waals surface area contributed by atoms with Gasteiger partial charge in [-0.15, -0.1) is 0 Å². The average Bonchev–Trinajstić information content (AvgIpc) is 2.71. The van der Waals surface area contributed by atoms with Gasteiger partial charge in [-0.3, -0.25) is 0 Å². The van der Waals surface area contributed by atoms with Gasteiger partial charge in [0.15, 0.2) is 5.96 Å². The van der Waals surface area contributed by atoms with Gasteiger partial charge in [-0.25, -0.2) is 9.38 Å². The number of halogens is 3. The Labute approximate surface area is 167 Å². The van der Waals surface area contributed by atoms with E-state index in [-0.39, 0.29) is 24.4 Å². The van der Waals surface area contributed by atoms with Crippen LogP contribution in [0, 0.1) is 17.1 Å². The molecular weight excluding hydrogens is 385 g/mol. The molecule has 29 heavy (non-hydrogen) atoms. The second-order valence-corrected chi connectivity index (χ2v) is 5.82. The molecule has 2 rings (SSSR count). The molecule has 0 aliphatic carbocycles. The van der Waals surface area contributed by atoms with Crippen LogP contribution in [0.3, 0.4) is 0 Å². The number of benzene rings is 2. The summed E-state index contributed by atoms with van der Waals surface area (Å²) in [5, 5.41) is 14.8. The maximum absolute atomic E-state index is 14.0. The number of methoxy groups -OCH3 is 1. The van der Waals surface area contributed by atoms with Crippen molar-refractivity contribution < 1.29 is 22.6 Å². The summed E-state index contributed by atoms with van der Waals surface area (Å²) in [5.41, 5.74) is 1.00. The number of nitrogens with zero attached hydrogens (tertiary/aromatic N) is 2.